The molecule has 0 aliphatic heterocycles. The Kier molecular flexibility index (Phi) is 4.76. The van der Waals surface area contributed by atoms with E-state index in [9.17, 15) is 0 Å². The van der Waals surface area contributed by atoms with Crippen LogP contribution >= 0.6 is 11.3 Å². The second-order valence-corrected chi connectivity index (χ2v) is 10.8. The van der Waals surface area contributed by atoms with Gasteiger partial charge >= 0.3 is 0 Å². The Morgan fingerprint density at radius 1 is 0.368 bits per heavy atom. The molecule has 8 rings (SSSR count). The molecular weight excluding hydrogens is 478 g/mol. The molecule has 0 fully saturated rings. The minimum atomic E-state index is 1.14. The molecule has 0 bridgehead atoms. The van der Waals surface area contributed by atoms with Crippen LogP contribution in [0.25, 0.3) is 52.8 Å². The maximum atomic E-state index is 2.41. The van der Waals surface area contributed by atoms with Gasteiger partial charge in [0.1, 0.15) is 0 Å². The molecule has 0 atom stereocenters. The molecule has 0 saturated carbocycles. The molecule has 8 aromatic rings. The van der Waals surface area contributed by atoms with Crippen LogP contribution in [0.5, 0.6) is 0 Å². The van der Waals surface area contributed by atoms with E-state index in [1.165, 1.54) is 58.5 Å². The predicted molar refractivity (Wildman–Crippen MR) is 166 cm³/mol. The van der Waals surface area contributed by atoms with Gasteiger partial charge in [-0.05, 0) is 69.8 Å². The fourth-order valence-electron chi connectivity index (χ4n) is 5.97. The van der Waals surface area contributed by atoms with Crippen LogP contribution in [0.4, 0.5) is 17.1 Å². The highest BCUT2D eigenvalue weighted by Crippen LogP contribution is 2.49. The molecule has 38 heavy (non-hydrogen) atoms. The van der Waals surface area contributed by atoms with Gasteiger partial charge in [0.25, 0.3) is 0 Å². The molecule has 0 amide bonds. The number of thiophene rings is 1. The van der Waals surface area contributed by atoms with Crippen LogP contribution in [-0.2, 0) is 0 Å². The average Bonchev–Trinajstić information content (AvgIpc) is 3.38. The fourth-order valence-corrected chi connectivity index (χ4v) is 7.13. The second kappa shape index (κ2) is 8.44. The first-order valence-corrected chi connectivity index (χ1v) is 13.8. The van der Waals surface area contributed by atoms with E-state index in [0.29, 0.717) is 0 Å². The lowest BCUT2D eigenvalue weighted by atomic mass is 9.93. The third-order valence-corrected chi connectivity index (χ3v) is 8.73. The van der Waals surface area contributed by atoms with Gasteiger partial charge in [-0.2, -0.15) is 0 Å². The standard InChI is InChI=1S/C36H23NS/c1-3-10-24(11-4-1)25-20-22-27(23-21-25)37(26-12-5-2-6-13-26)31-17-7-14-28-29-15-8-18-32-35(29)36-30(34(28)31)16-9-19-33(36)38-32/h1-23H. The molecule has 0 saturated heterocycles. The largest absolute Gasteiger partial charge is 0.310 e. The molecule has 0 unspecified atom stereocenters. The van der Waals surface area contributed by atoms with Gasteiger partial charge in [0.05, 0.1) is 5.69 Å². The van der Waals surface area contributed by atoms with Crippen molar-refractivity contribution in [1.29, 1.82) is 0 Å². The summed E-state index contributed by atoms with van der Waals surface area (Å²) in [6, 6.07) is 50.5. The molecule has 1 nitrogen and oxygen atoms in total. The summed E-state index contributed by atoms with van der Waals surface area (Å²) in [7, 11) is 0. The van der Waals surface area contributed by atoms with E-state index in [1.54, 1.807) is 0 Å². The van der Waals surface area contributed by atoms with Gasteiger partial charge in [0.15, 0.2) is 0 Å². The number of fused-ring (bicyclic) bond motifs is 3. The molecule has 0 spiro atoms. The summed E-state index contributed by atoms with van der Waals surface area (Å²) < 4.78 is 2.71. The van der Waals surface area contributed by atoms with Gasteiger partial charge in [-0.25, -0.2) is 0 Å². The Morgan fingerprint density at radius 3 is 1.61 bits per heavy atom. The smallest absolute Gasteiger partial charge is 0.0546 e. The first-order valence-electron chi connectivity index (χ1n) is 13.0. The van der Waals surface area contributed by atoms with Crippen LogP contribution in [0.15, 0.2) is 140 Å². The monoisotopic (exact) mass is 501 g/mol. The van der Waals surface area contributed by atoms with Crippen LogP contribution in [0.2, 0.25) is 0 Å². The van der Waals surface area contributed by atoms with Crippen LogP contribution < -0.4 is 4.90 Å². The predicted octanol–water partition coefficient (Wildman–Crippen LogP) is 10.9. The number of para-hydroxylation sites is 1. The summed E-state index contributed by atoms with van der Waals surface area (Å²) in [6.45, 7) is 0. The average molecular weight is 502 g/mol. The normalized spacial score (nSPS) is 11.7. The zero-order valence-electron chi connectivity index (χ0n) is 20.6. The molecule has 0 aliphatic carbocycles. The number of hydrogen-bond donors (Lipinski definition) is 0. The Balaban J connectivity index is 1.44. The summed E-state index contributed by atoms with van der Waals surface area (Å²) in [5.74, 6) is 0. The maximum absolute atomic E-state index is 2.41. The van der Waals surface area contributed by atoms with Crippen molar-refractivity contribution < 1.29 is 0 Å². The zero-order valence-corrected chi connectivity index (χ0v) is 21.5. The van der Waals surface area contributed by atoms with Gasteiger partial charge in [-0.3, -0.25) is 0 Å². The number of benzene rings is 7. The van der Waals surface area contributed by atoms with Gasteiger partial charge < -0.3 is 4.90 Å². The fraction of sp³-hybridized carbons (Fsp3) is 0. The lowest BCUT2D eigenvalue weighted by molar-refractivity contribution is 1.30. The maximum Gasteiger partial charge on any atom is 0.0546 e. The van der Waals surface area contributed by atoms with Crippen LogP contribution in [-0.4, -0.2) is 0 Å². The highest BCUT2D eigenvalue weighted by atomic mass is 32.1. The van der Waals surface area contributed by atoms with Gasteiger partial charge in [0, 0.05) is 36.9 Å². The Morgan fingerprint density at radius 2 is 0.895 bits per heavy atom. The third-order valence-electron chi connectivity index (χ3n) is 7.61. The van der Waals surface area contributed by atoms with Crippen molar-refractivity contribution >= 4 is 70.1 Å². The molecule has 0 N–H and O–H groups in total. The van der Waals surface area contributed by atoms with Crippen molar-refractivity contribution in [2.75, 3.05) is 4.90 Å². The number of hydrogen-bond acceptors (Lipinski definition) is 2. The summed E-state index contributed by atoms with van der Waals surface area (Å²) in [4.78, 5) is 2.41. The first kappa shape index (κ1) is 21.4. The molecular formula is C36H23NS. The van der Waals surface area contributed by atoms with Crippen LogP contribution in [0, 0.1) is 0 Å². The van der Waals surface area contributed by atoms with E-state index < -0.39 is 0 Å². The highest BCUT2D eigenvalue weighted by Gasteiger charge is 2.21. The Labute approximate surface area is 225 Å². The van der Waals surface area contributed by atoms with E-state index in [0.717, 1.165) is 11.4 Å². The lowest BCUT2D eigenvalue weighted by Crippen LogP contribution is -2.10. The lowest BCUT2D eigenvalue weighted by Gasteiger charge is -2.28. The molecule has 0 radical (unpaired) electrons. The van der Waals surface area contributed by atoms with E-state index in [2.05, 4.69) is 144 Å². The minimum absolute atomic E-state index is 1.14. The van der Waals surface area contributed by atoms with E-state index in [-0.39, 0.29) is 0 Å². The van der Waals surface area contributed by atoms with Crippen molar-refractivity contribution in [2.45, 2.75) is 0 Å². The summed E-state index contributed by atoms with van der Waals surface area (Å²) in [5.41, 5.74) is 5.94. The molecule has 1 aromatic heterocycles. The third kappa shape index (κ3) is 3.17. The summed E-state index contributed by atoms with van der Waals surface area (Å²) in [6.07, 6.45) is 0. The van der Waals surface area contributed by atoms with Crippen molar-refractivity contribution in [3.8, 4) is 11.1 Å². The molecule has 178 valence electrons. The van der Waals surface area contributed by atoms with Crippen LogP contribution in [0.3, 0.4) is 0 Å². The Hall–Kier alpha value is -4.66. The van der Waals surface area contributed by atoms with Crippen LogP contribution in [0.1, 0.15) is 0 Å². The summed E-state index contributed by atoms with van der Waals surface area (Å²) in [5, 5.41) is 8.03. The number of anilines is 3. The van der Waals surface area contributed by atoms with Crippen molar-refractivity contribution in [2.24, 2.45) is 0 Å². The number of rotatable bonds is 4. The van der Waals surface area contributed by atoms with Gasteiger partial charge in [-0.1, -0.05) is 97.1 Å². The van der Waals surface area contributed by atoms with E-state index in [4.69, 9.17) is 0 Å². The van der Waals surface area contributed by atoms with Gasteiger partial charge in [0.2, 0.25) is 0 Å². The summed E-state index contributed by atoms with van der Waals surface area (Å²) >= 11 is 1.89. The Bertz CT molecular complexity index is 2060. The van der Waals surface area contributed by atoms with E-state index in [1.807, 2.05) is 11.3 Å². The molecule has 1 heterocycles. The van der Waals surface area contributed by atoms with Gasteiger partial charge in [-0.15, -0.1) is 11.3 Å². The molecule has 2 heteroatoms. The highest BCUT2D eigenvalue weighted by molar-refractivity contribution is 7.26. The second-order valence-electron chi connectivity index (χ2n) is 9.74. The SMILES string of the molecule is c1ccc(-c2ccc(N(c3ccccc3)c3cccc4c5cccc6sc7cccc(c34)c7c65)cc2)cc1. The minimum Gasteiger partial charge on any atom is -0.310 e. The van der Waals surface area contributed by atoms with Crippen molar-refractivity contribution in [3.05, 3.63) is 140 Å². The molecule has 0 aliphatic rings. The molecule has 7 aromatic carbocycles. The quantitative estimate of drug-likeness (QED) is 0.217. The number of nitrogens with zero attached hydrogens (tertiary/aromatic N) is 1. The topological polar surface area (TPSA) is 3.24 Å². The zero-order chi connectivity index (χ0) is 25.1. The van der Waals surface area contributed by atoms with Crippen molar-refractivity contribution in [1.82, 2.24) is 0 Å². The first-order chi connectivity index (χ1) is 18.9. The van der Waals surface area contributed by atoms with E-state index >= 15 is 0 Å². The van der Waals surface area contributed by atoms with Crippen molar-refractivity contribution in [3.63, 3.8) is 0 Å².